The molecule has 1 aromatic rings. The van der Waals surface area contributed by atoms with E-state index in [1.165, 1.54) is 12.8 Å². The lowest BCUT2D eigenvalue weighted by atomic mass is 9.65. The number of fused-ring (bicyclic) bond motifs is 2. The van der Waals surface area contributed by atoms with Gasteiger partial charge in [0.05, 0.1) is 0 Å². The van der Waals surface area contributed by atoms with Gasteiger partial charge in [0.2, 0.25) is 5.91 Å². The Labute approximate surface area is 163 Å². The van der Waals surface area contributed by atoms with Crippen molar-refractivity contribution in [2.45, 2.75) is 65.5 Å². The van der Waals surface area contributed by atoms with E-state index in [1.54, 1.807) is 6.07 Å². The number of phenolic OH excluding ortho intramolecular Hbond substituents is 1. The quantitative estimate of drug-likeness (QED) is 0.873. The minimum absolute atomic E-state index is 0.177. The molecule has 0 unspecified atom stereocenters. The number of carbonyl (C=O) groups is 1. The van der Waals surface area contributed by atoms with Crippen molar-refractivity contribution in [3.8, 4) is 5.75 Å². The average molecular weight is 371 g/mol. The number of likely N-dealkylation sites (tertiary alicyclic amines) is 2. The van der Waals surface area contributed by atoms with Gasteiger partial charge in [-0.05, 0) is 62.1 Å². The number of rotatable bonds is 3. The predicted molar refractivity (Wildman–Crippen MR) is 107 cm³/mol. The SMILES string of the molecule is CC1(C)C[C@H]2C[C@](C)(CN2C(=O)C2CCN(Cc3ccccc3O)CC2)C1. The molecule has 1 N–H and O–H groups in total. The fourth-order valence-corrected chi connectivity index (χ4v) is 6.18. The fraction of sp³-hybridized carbons (Fsp3) is 0.696. The first kappa shape index (κ1) is 18.8. The standard InChI is InChI=1S/C23H34N2O2/c1-22(2)12-19-13-23(3,15-22)16-25(19)21(27)17-8-10-24(11-9-17)14-18-6-4-5-7-20(18)26/h4-7,17,19,26H,8-16H2,1-3H3/t19-,23-/m0/s1. The van der Waals surface area contributed by atoms with Crippen LogP contribution in [-0.4, -0.2) is 46.5 Å². The van der Waals surface area contributed by atoms with Gasteiger partial charge >= 0.3 is 0 Å². The average Bonchev–Trinajstić information content (AvgIpc) is 2.86. The van der Waals surface area contributed by atoms with Crippen molar-refractivity contribution in [3.63, 3.8) is 0 Å². The number of amides is 1. The van der Waals surface area contributed by atoms with Crippen LogP contribution >= 0.6 is 0 Å². The molecule has 148 valence electrons. The minimum atomic E-state index is 0.177. The lowest BCUT2D eigenvalue weighted by Crippen LogP contribution is -2.44. The van der Waals surface area contributed by atoms with Crippen LogP contribution in [0, 0.1) is 16.7 Å². The first-order valence-corrected chi connectivity index (χ1v) is 10.5. The number of carbonyl (C=O) groups excluding carboxylic acids is 1. The molecule has 0 aromatic heterocycles. The molecule has 2 atom stereocenters. The molecule has 27 heavy (non-hydrogen) atoms. The maximum absolute atomic E-state index is 13.3. The van der Waals surface area contributed by atoms with Gasteiger partial charge in [-0.3, -0.25) is 9.69 Å². The molecule has 3 aliphatic rings. The number of para-hydroxylation sites is 1. The van der Waals surface area contributed by atoms with E-state index in [0.29, 0.717) is 28.5 Å². The lowest BCUT2D eigenvalue weighted by Gasteiger charge is -2.40. The molecule has 0 spiro atoms. The second-order valence-corrected chi connectivity index (χ2v) is 10.4. The van der Waals surface area contributed by atoms with Gasteiger partial charge in [0.25, 0.3) is 0 Å². The van der Waals surface area contributed by atoms with Gasteiger partial charge < -0.3 is 10.0 Å². The zero-order chi connectivity index (χ0) is 19.2. The Morgan fingerprint density at radius 3 is 2.56 bits per heavy atom. The highest BCUT2D eigenvalue weighted by Crippen LogP contribution is 2.52. The summed E-state index contributed by atoms with van der Waals surface area (Å²) in [6, 6.07) is 8.01. The van der Waals surface area contributed by atoms with Crippen LogP contribution in [-0.2, 0) is 11.3 Å². The molecular weight excluding hydrogens is 336 g/mol. The molecule has 4 nitrogen and oxygen atoms in total. The van der Waals surface area contributed by atoms with Crippen LogP contribution in [0.25, 0.3) is 0 Å². The maximum atomic E-state index is 13.3. The lowest BCUT2D eigenvalue weighted by molar-refractivity contribution is -0.138. The molecule has 1 saturated carbocycles. The van der Waals surface area contributed by atoms with E-state index < -0.39 is 0 Å². The molecule has 0 radical (unpaired) electrons. The first-order valence-electron chi connectivity index (χ1n) is 10.5. The molecule has 2 heterocycles. The highest BCUT2D eigenvalue weighted by molar-refractivity contribution is 5.79. The normalized spacial score (nSPS) is 31.2. The third-order valence-electron chi connectivity index (χ3n) is 7.02. The van der Waals surface area contributed by atoms with Gasteiger partial charge in [-0.1, -0.05) is 39.0 Å². The van der Waals surface area contributed by atoms with Crippen molar-refractivity contribution in [1.82, 2.24) is 9.80 Å². The van der Waals surface area contributed by atoms with Crippen molar-refractivity contribution in [2.24, 2.45) is 16.7 Å². The highest BCUT2D eigenvalue weighted by atomic mass is 16.3. The van der Waals surface area contributed by atoms with E-state index in [4.69, 9.17) is 0 Å². The summed E-state index contributed by atoms with van der Waals surface area (Å²) in [6.07, 6.45) is 5.46. The molecule has 3 fully saturated rings. The third kappa shape index (κ3) is 3.87. The minimum Gasteiger partial charge on any atom is -0.508 e. The summed E-state index contributed by atoms with van der Waals surface area (Å²) in [5.41, 5.74) is 1.65. The molecule has 2 aliphatic heterocycles. The number of hydrogen-bond acceptors (Lipinski definition) is 3. The molecule has 2 bridgehead atoms. The Hall–Kier alpha value is -1.55. The van der Waals surface area contributed by atoms with E-state index in [1.807, 2.05) is 18.2 Å². The van der Waals surface area contributed by atoms with Crippen LogP contribution in [0.3, 0.4) is 0 Å². The monoisotopic (exact) mass is 370 g/mol. The number of piperidine rings is 1. The first-order chi connectivity index (χ1) is 12.7. The molecular formula is C23H34N2O2. The second-order valence-electron chi connectivity index (χ2n) is 10.4. The van der Waals surface area contributed by atoms with Crippen LogP contribution in [0.2, 0.25) is 0 Å². The van der Waals surface area contributed by atoms with E-state index >= 15 is 0 Å². The van der Waals surface area contributed by atoms with Gasteiger partial charge in [-0.2, -0.15) is 0 Å². The fourth-order valence-electron chi connectivity index (χ4n) is 6.18. The number of aromatic hydroxyl groups is 1. The number of phenols is 1. The Balaban J connectivity index is 1.35. The topological polar surface area (TPSA) is 43.8 Å². The Morgan fingerprint density at radius 2 is 1.85 bits per heavy atom. The zero-order valence-corrected chi connectivity index (χ0v) is 17.1. The molecule has 4 heteroatoms. The second kappa shape index (κ2) is 6.80. The van der Waals surface area contributed by atoms with Crippen molar-refractivity contribution in [3.05, 3.63) is 29.8 Å². The van der Waals surface area contributed by atoms with E-state index in [9.17, 15) is 9.90 Å². The van der Waals surface area contributed by atoms with Crippen LogP contribution in [0.5, 0.6) is 5.75 Å². The zero-order valence-electron chi connectivity index (χ0n) is 17.1. The van der Waals surface area contributed by atoms with Crippen LogP contribution in [0.1, 0.15) is 58.4 Å². The number of nitrogens with zero attached hydrogens (tertiary/aromatic N) is 2. The van der Waals surface area contributed by atoms with Gasteiger partial charge in [-0.15, -0.1) is 0 Å². The summed E-state index contributed by atoms with van der Waals surface area (Å²) in [6.45, 7) is 10.7. The Bertz CT molecular complexity index is 708. The molecule has 1 aromatic carbocycles. The molecule has 2 saturated heterocycles. The van der Waals surface area contributed by atoms with Crippen LogP contribution in [0.4, 0.5) is 0 Å². The number of hydrogen-bond donors (Lipinski definition) is 1. The van der Waals surface area contributed by atoms with Gasteiger partial charge in [-0.25, -0.2) is 0 Å². The van der Waals surface area contributed by atoms with E-state index in [2.05, 4.69) is 30.6 Å². The Morgan fingerprint density at radius 1 is 1.15 bits per heavy atom. The third-order valence-corrected chi connectivity index (χ3v) is 7.02. The molecule has 1 amide bonds. The number of benzene rings is 1. The van der Waals surface area contributed by atoms with Crippen molar-refractivity contribution < 1.29 is 9.90 Å². The largest absolute Gasteiger partial charge is 0.508 e. The summed E-state index contributed by atoms with van der Waals surface area (Å²) < 4.78 is 0. The van der Waals surface area contributed by atoms with Crippen molar-refractivity contribution >= 4 is 5.91 Å². The molecule has 4 rings (SSSR count). The summed E-state index contributed by atoms with van der Waals surface area (Å²) >= 11 is 0. The predicted octanol–water partition coefficient (Wildman–Crippen LogP) is 4.03. The van der Waals surface area contributed by atoms with Crippen LogP contribution in [0.15, 0.2) is 24.3 Å². The van der Waals surface area contributed by atoms with Crippen molar-refractivity contribution in [1.29, 1.82) is 0 Å². The van der Waals surface area contributed by atoms with Crippen LogP contribution < -0.4 is 0 Å². The summed E-state index contributed by atoms with van der Waals surface area (Å²) in [5, 5.41) is 9.99. The summed E-state index contributed by atoms with van der Waals surface area (Å²) in [7, 11) is 0. The summed E-state index contributed by atoms with van der Waals surface area (Å²) in [5.74, 6) is 0.955. The van der Waals surface area contributed by atoms with Gasteiger partial charge in [0.1, 0.15) is 5.75 Å². The van der Waals surface area contributed by atoms with Crippen molar-refractivity contribution in [2.75, 3.05) is 19.6 Å². The Kier molecular flexibility index (Phi) is 4.74. The highest BCUT2D eigenvalue weighted by Gasteiger charge is 2.51. The molecule has 1 aliphatic carbocycles. The summed E-state index contributed by atoms with van der Waals surface area (Å²) in [4.78, 5) is 17.9. The van der Waals surface area contributed by atoms with E-state index in [-0.39, 0.29) is 5.92 Å². The van der Waals surface area contributed by atoms with Gasteiger partial charge in [0.15, 0.2) is 0 Å². The van der Waals surface area contributed by atoms with E-state index in [0.717, 1.165) is 51.0 Å². The maximum Gasteiger partial charge on any atom is 0.226 e. The smallest absolute Gasteiger partial charge is 0.226 e. The van der Waals surface area contributed by atoms with Gasteiger partial charge in [0, 0.05) is 30.6 Å².